The van der Waals surface area contributed by atoms with Gasteiger partial charge in [-0.15, -0.1) is 11.3 Å². The van der Waals surface area contributed by atoms with Gasteiger partial charge >= 0.3 is 0 Å². The molecule has 28 heavy (non-hydrogen) atoms. The van der Waals surface area contributed by atoms with Crippen LogP contribution in [-0.2, 0) is 6.54 Å². The molecule has 0 radical (unpaired) electrons. The highest BCUT2D eigenvalue weighted by molar-refractivity contribution is 7.19. The van der Waals surface area contributed by atoms with Crippen LogP contribution in [0.3, 0.4) is 0 Å². The number of ether oxygens (including phenoxy) is 1. The van der Waals surface area contributed by atoms with Crippen LogP contribution in [0.4, 0.5) is 0 Å². The van der Waals surface area contributed by atoms with Gasteiger partial charge in [0.1, 0.15) is 10.6 Å². The van der Waals surface area contributed by atoms with Crippen LogP contribution in [0.25, 0.3) is 21.3 Å². The van der Waals surface area contributed by atoms with Crippen LogP contribution in [0, 0.1) is 13.8 Å². The highest BCUT2D eigenvalue weighted by Gasteiger charge is 2.17. The van der Waals surface area contributed by atoms with Gasteiger partial charge in [0.05, 0.1) is 24.9 Å². The summed E-state index contributed by atoms with van der Waals surface area (Å²) >= 11 is 1.56. The van der Waals surface area contributed by atoms with Gasteiger partial charge in [0, 0.05) is 10.4 Å². The minimum atomic E-state index is -0.00110. The molecular formula is C23H22N2O2S. The van der Waals surface area contributed by atoms with E-state index >= 15 is 0 Å². The van der Waals surface area contributed by atoms with Crippen molar-refractivity contribution in [1.29, 1.82) is 0 Å². The Morgan fingerprint density at radius 1 is 1.04 bits per heavy atom. The van der Waals surface area contributed by atoms with Crippen molar-refractivity contribution in [3.05, 3.63) is 81.2 Å². The lowest BCUT2D eigenvalue weighted by molar-refractivity contribution is 0.340. The molecule has 0 saturated carbocycles. The number of hydrogen-bond donors (Lipinski definition) is 0. The lowest BCUT2D eigenvalue weighted by atomic mass is 10.0. The summed E-state index contributed by atoms with van der Waals surface area (Å²) in [7, 11) is 0. The molecule has 0 aliphatic carbocycles. The van der Waals surface area contributed by atoms with E-state index in [1.165, 1.54) is 5.56 Å². The van der Waals surface area contributed by atoms with Gasteiger partial charge < -0.3 is 4.74 Å². The molecule has 0 bridgehead atoms. The van der Waals surface area contributed by atoms with E-state index in [0.717, 1.165) is 32.1 Å². The highest BCUT2D eigenvalue weighted by Crippen LogP contribution is 2.36. The molecule has 0 atom stereocenters. The summed E-state index contributed by atoms with van der Waals surface area (Å²) in [6.45, 7) is 7.21. The Hall–Kier alpha value is -2.92. The molecule has 0 saturated heterocycles. The van der Waals surface area contributed by atoms with Gasteiger partial charge in [-0.05, 0) is 44.0 Å². The predicted molar refractivity (Wildman–Crippen MR) is 116 cm³/mol. The summed E-state index contributed by atoms with van der Waals surface area (Å²) in [5, 5.41) is 0.696. The van der Waals surface area contributed by atoms with Crippen molar-refractivity contribution < 1.29 is 4.74 Å². The number of hydrogen-bond acceptors (Lipinski definition) is 4. The van der Waals surface area contributed by atoms with Crippen molar-refractivity contribution in [3.8, 4) is 16.9 Å². The van der Waals surface area contributed by atoms with E-state index in [9.17, 15) is 4.79 Å². The summed E-state index contributed by atoms with van der Waals surface area (Å²) in [5.41, 5.74) is 4.27. The monoisotopic (exact) mass is 390 g/mol. The van der Waals surface area contributed by atoms with Gasteiger partial charge in [-0.2, -0.15) is 0 Å². The Morgan fingerprint density at radius 3 is 2.43 bits per heavy atom. The first-order valence-corrected chi connectivity index (χ1v) is 10.2. The quantitative estimate of drug-likeness (QED) is 0.471. The number of aryl methyl sites for hydroxylation is 2. The number of fused-ring (bicyclic) bond motifs is 1. The average molecular weight is 391 g/mol. The molecule has 0 spiro atoms. The zero-order chi connectivity index (χ0) is 19.7. The minimum absolute atomic E-state index is 0.00110. The number of nitrogens with zero attached hydrogens (tertiary/aromatic N) is 2. The summed E-state index contributed by atoms with van der Waals surface area (Å²) in [5.74, 6) is 0.832. The predicted octanol–water partition coefficient (Wildman–Crippen LogP) is 5.19. The van der Waals surface area contributed by atoms with E-state index in [0.29, 0.717) is 18.5 Å². The van der Waals surface area contributed by atoms with Crippen LogP contribution in [0.5, 0.6) is 5.75 Å². The Morgan fingerprint density at radius 2 is 1.75 bits per heavy atom. The van der Waals surface area contributed by atoms with Crippen molar-refractivity contribution in [2.24, 2.45) is 0 Å². The molecule has 0 amide bonds. The number of aromatic nitrogens is 2. The van der Waals surface area contributed by atoms with Gasteiger partial charge in [0.15, 0.2) is 0 Å². The van der Waals surface area contributed by atoms with Gasteiger partial charge in [0.2, 0.25) is 0 Å². The first-order chi connectivity index (χ1) is 13.6. The summed E-state index contributed by atoms with van der Waals surface area (Å²) in [4.78, 5) is 19.7. The van der Waals surface area contributed by atoms with E-state index in [2.05, 4.69) is 36.2 Å². The van der Waals surface area contributed by atoms with E-state index < -0.39 is 0 Å². The molecule has 2 aromatic heterocycles. The third-order valence-electron chi connectivity index (χ3n) is 4.78. The van der Waals surface area contributed by atoms with Crippen LogP contribution in [0.15, 0.2) is 59.7 Å². The first-order valence-electron chi connectivity index (χ1n) is 9.34. The topological polar surface area (TPSA) is 44.1 Å². The lowest BCUT2D eigenvalue weighted by Gasteiger charge is -2.08. The zero-order valence-corrected chi connectivity index (χ0v) is 17.0. The third kappa shape index (κ3) is 3.45. The maximum Gasteiger partial charge on any atom is 0.263 e. The maximum atomic E-state index is 13.3. The second-order valence-corrected chi connectivity index (χ2v) is 8.04. The molecule has 0 unspecified atom stereocenters. The van der Waals surface area contributed by atoms with Crippen LogP contribution in [0.2, 0.25) is 0 Å². The molecule has 142 valence electrons. The van der Waals surface area contributed by atoms with Crippen LogP contribution >= 0.6 is 11.3 Å². The summed E-state index contributed by atoms with van der Waals surface area (Å²) in [6, 6.07) is 16.1. The third-order valence-corrected chi connectivity index (χ3v) is 5.80. The molecule has 4 rings (SSSR count). The molecule has 2 aromatic carbocycles. The maximum absolute atomic E-state index is 13.3. The number of benzene rings is 2. The second-order valence-electron chi connectivity index (χ2n) is 6.83. The fourth-order valence-electron chi connectivity index (χ4n) is 3.37. The van der Waals surface area contributed by atoms with Crippen LogP contribution in [-0.4, -0.2) is 16.2 Å². The molecule has 0 fully saturated rings. The average Bonchev–Trinajstić information content (AvgIpc) is 3.03. The van der Waals surface area contributed by atoms with Gasteiger partial charge in [-0.3, -0.25) is 9.36 Å². The number of thiophene rings is 1. The molecule has 0 aliphatic rings. The largest absolute Gasteiger partial charge is 0.494 e. The van der Waals surface area contributed by atoms with E-state index in [4.69, 9.17) is 4.74 Å². The van der Waals surface area contributed by atoms with Gasteiger partial charge in [0.25, 0.3) is 5.56 Å². The molecule has 5 heteroatoms. The second kappa shape index (κ2) is 7.60. The lowest BCUT2D eigenvalue weighted by Crippen LogP contribution is -2.21. The SMILES string of the molecule is CCOc1ccc(-c2c(C)sc3ncn(Cc4ccc(C)cc4)c(=O)c23)cc1. The molecule has 4 aromatic rings. The van der Waals surface area contributed by atoms with E-state index in [1.807, 2.05) is 38.1 Å². The Labute approximate surface area is 168 Å². The zero-order valence-electron chi connectivity index (χ0n) is 16.2. The highest BCUT2D eigenvalue weighted by atomic mass is 32.1. The fourth-order valence-corrected chi connectivity index (χ4v) is 4.38. The van der Waals surface area contributed by atoms with Crippen LogP contribution < -0.4 is 10.3 Å². The van der Waals surface area contributed by atoms with Gasteiger partial charge in [-0.1, -0.05) is 42.0 Å². The normalized spacial score (nSPS) is 11.1. The van der Waals surface area contributed by atoms with Crippen molar-refractivity contribution in [3.63, 3.8) is 0 Å². The molecule has 0 aliphatic heterocycles. The molecule has 2 heterocycles. The Bertz CT molecular complexity index is 1170. The standard InChI is InChI=1S/C23H22N2O2S/c1-4-27-19-11-9-18(10-12-19)20-16(3)28-22-21(20)23(26)25(14-24-22)13-17-7-5-15(2)6-8-17/h5-12,14H,4,13H2,1-3H3. The van der Waals surface area contributed by atoms with E-state index in [-0.39, 0.29) is 5.56 Å². The smallest absolute Gasteiger partial charge is 0.263 e. The Balaban J connectivity index is 1.80. The van der Waals surface area contributed by atoms with Crippen molar-refractivity contribution >= 4 is 21.6 Å². The molecule has 0 N–H and O–H groups in total. The van der Waals surface area contributed by atoms with Crippen molar-refractivity contribution in [2.75, 3.05) is 6.61 Å². The summed E-state index contributed by atoms with van der Waals surface area (Å²) < 4.78 is 7.23. The Kier molecular flexibility index (Phi) is 5.01. The minimum Gasteiger partial charge on any atom is -0.494 e. The van der Waals surface area contributed by atoms with Crippen molar-refractivity contribution in [2.45, 2.75) is 27.3 Å². The van der Waals surface area contributed by atoms with Crippen LogP contribution in [0.1, 0.15) is 22.9 Å². The fraction of sp³-hybridized carbons (Fsp3) is 0.217. The van der Waals surface area contributed by atoms with Gasteiger partial charge in [-0.25, -0.2) is 4.98 Å². The first kappa shape index (κ1) is 18.4. The summed E-state index contributed by atoms with van der Waals surface area (Å²) in [6.07, 6.45) is 1.66. The number of rotatable bonds is 5. The molecular weight excluding hydrogens is 368 g/mol. The van der Waals surface area contributed by atoms with Crippen molar-refractivity contribution in [1.82, 2.24) is 9.55 Å². The molecule has 4 nitrogen and oxygen atoms in total. The van der Waals surface area contributed by atoms with E-state index in [1.54, 1.807) is 22.2 Å².